The molecular formula is C62H88N2NiO3-2. The van der Waals surface area contributed by atoms with Crippen molar-refractivity contribution in [3.05, 3.63) is 122 Å². The van der Waals surface area contributed by atoms with Crippen LogP contribution in [0.4, 0.5) is 0 Å². The molecule has 0 radical (unpaired) electrons. The van der Waals surface area contributed by atoms with Gasteiger partial charge in [0.2, 0.25) is 11.4 Å². The van der Waals surface area contributed by atoms with Crippen molar-refractivity contribution < 1.29 is 36.2 Å². The Morgan fingerprint density at radius 1 is 0.456 bits per heavy atom. The van der Waals surface area contributed by atoms with Gasteiger partial charge < -0.3 is 15.7 Å². The summed E-state index contributed by atoms with van der Waals surface area (Å²) in [5, 5.41) is 24.9. The number of hydrogen-bond acceptors (Lipinski definition) is 3. The average molecular weight is 968 g/mol. The van der Waals surface area contributed by atoms with Gasteiger partial charge in [-0.05, 0) is 152 Å². The fourth-order valence-corrected chi connectivity index (χ4v) is 9.52. The zero-order valence-corrected chi connectivity index (χ0v) is 44.6. The minimum Gasteiger partial charge on any atom is -0.873 e. The Morgan fingerprint density at radius 3 is 1.38 bits per heavy atom. The van der Waals surface area contributed by atoms with Crippen molar-refractivity contribution in [2.45, 2.75) is 228 Å². The van der Waals surface area contributed by atoms with Gasteiger partial charge in [0.15, 0.2) is 5.78 Å². The maximum Gasteiger partial charge on any atom is 0.210 e. The fraction of sp³-hybridized carbons (Fsp3) is 0.565. The molecule has 0 unspecified atom stereocenters. The number of allylic oxidation sites excluding steroid dienone is 2. The SMILES string of the molecule is CCCCC1=C(c2ccc(CCCC)c(CCCC)c2)[N+](=[N-])C(c2ccc(CCCC)c(CCCC)c2)=C1.CCCCCCCCCCCC(=O)c1cc2cc([O-])c([O-])cc2cc1CCCC.[Ni]. The standard InChI is InChI=1S/C36H52N2.C26H38O3.Ni/c1-6-11-16-28-21-23-32(25-30(28)18-13-8-3)35-27-33(20-15-10-5)36(38(35)37)34-24-22-29(17-12-7-2)31(26-34)19-14-9-4;1-3-5-7-8-9-10-11-12-13-15-24(27)23-17-22-19-26(29)25(28)18-21(22)16-20(23)14-6-4-2;/h21-27H,6-20H2,1-5H3;16-19,28-29H,3-15H2,1-2H3;/p-2. The van der Waals surface area contributed by atoms with Crippen molar-refractivity contribution in [3.8, 4) is 11.5 Å². The quantitative estimate of drug-likeness (QED) is 0.0218. The molecule has 0 spiro atoms. The van der Waals surface area contributed by atoms with E-state index in [2.05, 4.69) is 90.9 Å². The molecule has 4 aromatic carbocycles. The van der Waals surface area contributed by atoms with E-state index in [-0.39, 0.29) is 22.3 Å². The van der Waals surface area contributed by atoms with Crippen LogP contribution in [0.1, 0.15) is 245 Å². The van der Waals surface area contributed by atoms with Gasteiger partial charge in [0.1, 0.15) is 0 Å². The van der Waals surface area contributed by atoms with Gasteiger partial charge >= 0.3 is 0 Å². The largest absolute Gasteiger partial charge is 0.873 e. The zero-order valence-electron chi connectivity index (χ0n) is 43.6. The maximum absolute atomic E-state index is 12.9. The minimum absolute atomic E-state index is 0. The van der Waals surface area contributed by atoms with E-state index in [0.29, 0.717) is 11.8 Å². The number of aryl methyl sites for hydroxylation is 5. The zero-order chi connectivity index (χ0) is 48.4. The van der Waals surface area contributed by atoms with Gasteiger partial charge in [-0.3, -0.25) is 4.79 Å². The Kier molecular flexibility index (Phi) is 28.1. The van der Waals surface area contributed by atoms with Gasteiger partial charge in [-0.25, -0.2) is 4.70 Å². The molecular weight excluding hydrogens is 879 g/mol. The molecule has 0 N–H and O–H groups in total. The van der Waals surface area contributed by atoms with Crippen molar-refractivity contribution in [1.29, 1.82) is 0 Å². The molecule has 0 bridgehead atoms. The first-order valence-electron chi connectivity index (χ1n) is 27.3. The topological polar surface area (TPSA) is 88.5 Å². The van der Waals surface area contributed by atoms with Crippen LogP contribution >= 0.6 is 0 Å². The number of unbranched alkanes of at least 4 members (excludes halogenated alkanes) is 14. The summed E-state index contributed by atoms with van der Waals surface area (Å²) in [5.74, 6) is -0.816. The summed E-state index contributed by atoms with van der Waals surface area (Å²) in [6.07, 6.45) is 34.3. The first-order valence-corrected chi connectivity index (χ1v) is 27.3. The molecule has 0 saturated heterocycles. The smallest absolute Gasteiger partial charge is 0.210 e. The predicted octanol–water partition coefficient (Wildman–Crippen LogP) is 17.5. The van der Waals surface area contributed by atoms with Gasteiger partial charge in [-0.1, -0.05) is 169 Å². The Hall–Kier alpha value is -4.02. The third-order valence-electron chi connectivity index (χ3n) is 13.8. The minimum atomic E-state index is -0.504. The number of Topliss-reactive ketones (excluding diaryl/α,β-unsaturated/α-hetero) is 1. The van der Waals surface area contributed by atoms with E-state index < -0.39 is 11.5 Å². The molecule has 0 aliphatic carbocycles. The predicted molar refractivity (Wildman–Crippen MR) is 283 cm³/mol. The summed E-state index contributed by atoms with van der Waals surface area (Å²) in [6, 6.07) is 20.4. The van der Waals surface area contributed by atoms with Gasteiger partial charge in [-0.2, -0.15) is 0 Å². The number of ketones is 1. The third kappa shape index (κ3) is 18.1. The summed E-state index contributed by atoms with van der Waals surface area (Å²) in [5.41, 5.74) is 24.8. The third-order valence-corrected chi connectivity index (χ3v) is 13.8. The second kappa shape index (κ2) is 32.7. The fourth-order valence-electron chi connectivity index (χ4n) is 9.52. The summed E-state index contributed by atoms with van der Waals surface area (Å²) in [4.78, 5) is 12.9. The Bertz CT molecular complexity index is 2220. The molecule has 0 atom stereocenters. The second-order valence-electron chi connectivity index (χ2n) is 19.5. The van der Waals surface area contributed by atoms with Crippen LogP contribution < -0.4 is 10.2 Å². The van der Waals surface area contributed by atoms with Crippen LogP contribution in [0.25, 0.3) is 27.7 Å². The molecule has 68 heavy (non-hydrogen) atoms. The van der Waals surface area contributed by atoms with Gasteiger partial charge in [0, 0.05) is 51.3 Å². The Morgan fingerprint density at radius 2 is 0.868 bits per heavy atom. The summed E-state index contributed by atoms with van der Waals surface area (Å²) in [7, 11) is 0. The molecule has 376 valence electrons. The van der Waals surface area contributed by atoms with Gasteiger partial charge in [0.05, 0.1) is 0 Å². The van der Waals surface area contributed by atoms with Crippen LogP contribution in [0.2, 0.25) is 0 Å². The Balaban J connectivity index is 0.000000368. The van der Waals surface area contributed by atoms with E-state index in [1.165, 1.54) is 141 Å². The first kappa shape index (κ1) is 58.3. The van der Waals surface area contributed by atoms with Crippen LogP contribution in [0.15, 0.2) is 72.3 Å². The number of carbonyl (C=O) groups excluding carboxylic acids is 1. The average Bonchev–Trinajstić information content (AvgIpc) is 3.67. The van der Waals surface area contributed by atoms with Gasteiger partial charge in [0.25, 0.3) is 0 Å². The number of hydrogen-bond donors (Lipinski definition) is 0. The van der Waals surface area contributed by atoms with Crippen molar-refractivity contribution >= 4 is 27.9 Å². The first-order chi connectivity index (χ1) is 32.6. The molecule has 4 aromatic rings. The molecule has 0 amide bonds. The van der Waals surface area contributed by atoms with E-state index in [1.54, 1.807) is 0 Å². The summed E-state index contributed by atoms with van der Waals surface area (Å²) < 4.78 is 1.50. The summed E-state index contributed by atoms with van der Waals surface area (Å²) >= 11 is 0. The van der Waals surface area contributed by atoms with Crippen LogP contribution in [-0.2, 0) is 48.6 Å². The second-order valence-corrected chi connectivity index (χ2v) is 19.5. The Labute approximate surface area is 424 Å². The summed E-state index contributed by atoms with van der Waals surface area (Å²) in [6.45, 7) is 15.7. The van der Waals surface area contributed by atoms with E-state index in [9.17, 15) is 20.5 Å². The van der Waals surface area contributed by atoms with Crippen molar-refractivity contribution in [3.63, 3.8) is 0 Å². The number of rotatable bonds is 31. The van der Waals surface area contributed by atoms with Crippen LogP contribution in [-0.4, -0.2) is 10.5 Å². The van der Waals surface area contributed by atoms with E-state index in [4.69, 9.17) is 0 Å². The molecule has 0 aromatic heterocycles. The van der Waals surface area contributed by atoms with E-state index in [0.717, 1.165) is 116 Å². The maximum atomic E-state index is 12.9. The molecule has 1 aliphatic rings. The molecule has 5 nitrogen and oxygen atoms in total. The number of fused-ring (bicyclic) bond motifs is 1. The van der Waals surface area contributed by atoms with Crippen molar-refractivity contribution in [2.75, 3.05) is 0 Å². The van der Waals surface area contributed by atoms with Gasteiger partial charge in [-0.15, -0.1) is 11.5 Å². The van der Waals surface area contributed by atoms with Crippen LogP contribution in [0, 0.1) is 0 Å². The molecule has 1 aliphatic heterocycles. The van der Waals surface area contributed by atoms with Crippen molar-refractivity contribution in [2.24, 2.45) is 0 Å². The van der Waals surface area contributed by atoms with Crippen molar-refractivity contribution in [1.82, 2.24) is 0 Å². The van der Waals surface area contributed by atoms with Crippen LogP contribution in [0.5, 0.6) is 11.5 Å². The number of carbonyl (C=O) groups is 1. The monoisotopic (exact) mass is 967 g/mol. The molecule has 0 fully saturated rings. The number of nitrogens with zero attached hydrogens (tertiary/aromatic N) is 2. The van der Waals surface area contributed by atoms with E-state index in [1.807, 2.05) is 12.1 Å². The van der Waals surface area contributed by atoms with E-state index >= 15 is 0 Å². The van der Waals surface area contributed by atoms with Crippen LogP contribution in [0.3, 0.4) is 0 Å². The molecule has 0 saturated carbocycles. The normalized spacial score (nSPS) is 12.3. The molecule has 5 rings (SSSR count). The molecule has 1 heterocycles. The molecule has 6 heteroatoms. The number of benzene rings is 4.